The number of ether oxygens (including phenoxy) is 1. The fourth-order valence-electron chi connectivity index (χ4n) is 4.80. The SMILES string of the molecule is COCCC(=O)N1C[C@@H]2CN(C(=O)Cc3ccccc3)C[C@@H]2[C@H]1c1ccccc1. The lowest BCUT2D eigenvalue weighted by atomic mass is 9.89. The van der Waals surface area contributed by atoms with Gasteiger partial charge in [-0.2, -0.15) is 0 Å². The molecule has 2 amide bonds. The summed E-state index contributed by atoms with van der Waals surface area (Å²) >= 11 is 0. The number of hydrogen-bond donors (Lipinski definition) is 0. The fraction of sp³-hybridized carbons (Fsp3) is 0.417. The lowest BCUT2D eigenvalue weighted by Gasteiger charge is -2.30. The maximum atomic E-state index is 12.9. The van der Waals surface area contributed by atoms with Crippen molar-refractivity contribution >= 4 is 11.8 Å². The molecule has 152 valence electrons. The van der Waals surface area contributed by atoms with Crippen molar-refractivity contribution in [2.24, 2.45) is 11.8 Å². The van der Waals surface area contributed by atoms with Crippen LogP contribution in [-0.4, -0.2) is 55.0 Å². The van der Waals surface area contributed by atoms with Gasteiger partial charge in [0.05, 0.1) is 25.5 Å². The largest absolute Gasteiger partial charge is 0.384 e. The number of carbonyl (C=O) groups excluding carboxylic acids is 2. The molecule has 0 aliphatic carbocycles. The van der Waals surface area contributed by atoms with E-state index < -0.39 is 0 Å². The molecule has 29 heavy (non-hydrogen) atoms. The van der Waals surface area contributed by atoms with Crippen LogP contribution in [0.4, 0.5) is 0 Å². The molecule has 2 saturated heterocycles. The van der Waals surface area contributed by atoms with E-state index in [4.69, 9.17) is 4.74 Å². The van der Waals surface area contributed by atoms with Gasteiger partial charge in [0.15, 0.2) is 0 Å². The van der Waals surface area contributed by atoms with Crippen LogP contribution in [-0.2, 0) is 20.7 Å². The van der Waals surface area contributed by atoms with Gasteiger partial charge in [-0.1, -0.05) is 60.7 Å². The van der Waals surface area contributed by atoms with Crippen molar-refractivity contribution in [1.82, 2.24) is 9.80 Å². The van der Waals surface area contributed by atoms with Gasteiger partial charge in [0.2, 0.25) is 11.8 Å². The Bertz CT molecular complexity index is 840. The summed E-state index contributed by atoms with van der Waals surface area (Å²) < 4.78 is 5.11. The average Bonchev–Trinajstić information content (AvgIpc) is 3.31. The Kier molecular flexibility index (Phi) is 5.95. The first-order valence-corrected chi connectivity index (χ1v) is 10.3. The third kappa shape index (κ3) is 4.20. The maximum Gasteiger partial charge on any atom is 0.227 e. The van der Waals surface area contributed by atoms with Crippen LogP contribution in [0.15, 0.2) is 60.7 Å². The van der Waals surface area contributed by atoms with Crippen LogP contribution < -0.4 is 0 Å². The van der Waals surface area contributed by atoms with Crippen LogP contribution in [0.1, 0.15) is 23.6 Å². The molecule has 0 unspecified atom stereocenters. The molecular formula is C24H28N2O3. The molecule has 2 aliphatic rings. The summed E-state index contributed by atoms with van der Waals surface area (Å²) in [6, 6.07) is 20.2. The summed E-state index contributed by atoms with van der Waals surface area (Å²) in [6.07, 6.45) is 0.836. The summed E-state index contributed by atoms with van der Waals surface area (Å²) in [5.74, 6) is 0.918. The van der Waals surface area contributed by atoms with Gasteiger partial charge in [-0.3, -0.25) is 9.59 Å². The Hall–Kier alpha value is -2.66. The monoisotopic (exact) mass is 392 g/mol. The molecule has 4 rings (SSSR count). The van der Waals surface area contributed by atoms with E-state index in [9.17, 15) is 9.59 Å². The second-order valence-electron chi connectivity index (χ2n) is 8.03. The van der Waals surface area contributed by atoms with Gasteiger partial charge in [-0.05, 0) is 11.1 Å². The second kappa shape index (κ2) is 8.78. The molecular weight excluding hydrogens is 364 g/mol. The quantitative estimate of drug-likeness (QED) is 0.760. The first-order valence-electron chi connectivity index (χ1n) is 10.3. The summed E-state index contributed by atoms with van der Waals surface area (Å²) in [5.41, 5.74) is 2.20. The normalized spacial score (nSPS) is 23.3. The van der Waals surface area contributed by atoms with Gasteiger partial charge < -0.3 is 14.5 Å². The van der Waals surface area contributed by atoms with Gasteiger partial charge in [-0.15, -0.1) is 0 Å². The lowest BCUT2D eigenvalue weighted by molar-refractivity contribution is -0.134. The Morgan fingerprint density at radius 2 is 1.62 bits per heavy atom. The first-order chi connectivity index (χ1) is 14.2. The van der Waals surface area contributed by atoms with Gasteiger partial charge in [-0.25, -0.2) is 0 Å². The summed E-state index contributed by atoms with van der Waals surface area (Å²) in [7, 11) is 1.62. The number of likely N-dealkylation sites (tertiary alicyclic amines) is 2. The molecule has 5 nitrogen and oxygen atoms in total. The zero-order valence-corrected chi connectivity index (χ0v) is 16.9. The standard InChI is InChI=1S/C24H28N2O3/c1-29-13-12-22(27)26-16-20-15-25(23(28)14-18-8-4-2-5-9-18)17-21(20)24(26)19-10-6-3-7-11-19/h2-11,20-21,24H,12-17H2,1H3/t20-,21-,24+/m0/s1. The molecule has 2 fully saturated rings. The predicted octanol–water partition coefficient (Wildman–Crippen LogP) is 2.92. The minimum Gasteiger partial charge on any atom is -0.384 e. The minimum atomic E-state index is 0.0279. The number of rotatable bonds is 6. The molecule has 2 heterocycles. The summed E-state index contributed by atoms with van der Waals surface area (Å²) in [6.45, 7) is 2.59. The van der Waals surface area contributed by atoms with Crippen LogP contribution in [0.2, 0.25) is 0 Å². The van der Waals surface area contributed by atoms with E-state index in [2.05, 4.69) is 12.1 Å². The highest BCUT2D eigenvalue weighted by Crippen LogP contribution is 2.45. The number of fused-ring (bicyclic) bond motifs is 1. The van der Waals surface area contributed by atoms with Crippen LogP contribution in [0.5, 0.6) is 0 Å². The molecule has 3 atom stereocenters. The Morgan fingerprint density at radius 1 is 0.931 bits per heavy atom. The van der Waals surface area contributed by atoms with Crippen molar-refractivity contribution in [3.05, 3.63) is 71.8 Å². The minimum absolute atomic E-state index is 0.0279. The third-order valence-electron chi connectivity index (χ3n) is 6.20. The van der Waals surface area contributed by atoms with E-state index in [0.29, 0.717) is 38.5 Å². The molecule has 0 N–H and O–H groups in total. The third-order valence-corrected chi connectivity index (χ3v) is 6.20. The number of hydrogen-bond acceptors (Lipinski definition) is 3. The zero-order chi connectivity index (χ0) is 20.2. The van der Waals surface area contributed by atoms with Crippen molar-refractivity contribution in [3.63, 3.8) is 0 Å². The number of benzene rings is 2. The van der Waals surface area contributed by atoms with E-state index in [1.54, 1.807) is 7.11 Å². The van der Waals surface area contributed by atoms with Crippen molar-refractivity contribution in [2.45, 2.75) is 18.9 Å². The van der Waals surface area contributed by atoms with Crippen LogP contribution in [0.25, 0.3) is 0 Å². The molecule has 2 aliphatic heterocycles. The Labute approximate surface area is 172 Å². The zero-order valence-electron chi connectivity index (χ0n) is 16.9. The molecule has 5 heteroatoms. The number of methoxy groups -OCH3 is 1. The van der Waals surface area contributed by atoms with Gasteiger partial charge in [0, 0.05) is 38.6 Å². The smallest absolute Gasteiger partial charge is 0.227 e. The second-order valence-corrected chi connectivity index (χ2v) is 8.03. The highest BCUT2D eigenvalue weighted by molar-refractivity contribution is 5.80. The van der Waals surface area contributed by atoms with E-state index in [1.165, 1.54) is 0 Å². The molecule has 0 bridgehead atoms. The van der Waals surface area contributed by atoms with E-state index >= 15 is 0 Å². The van der Waals surface area contributed by atoms with Gasteiger partial charge >= 0.3 is 0 Å². The lowest BCUT2D eigenvalue weighted by Crippen LogP contribution is -2.38. The summed E-state index contributed by atoms with van der Waals surface area (Å²) in [5, 5.41) is 0. The topological polar surface area (TPSA) is 49.9 Å². The number of amides is 2. The number of nitrogens with zero attached hydrogens (tertiary/aromatic N) is 2. The Balaban J connectivity index is 1.50. The van der Waals surface area contributed by atoms with Crippen LogP contribution >= 0.6 is 0 Å². The molecule has 0 spiro atoms. The van der Waals surface area contributed by atoms with E-state index in [1.807, 2.05) is 58.3 Å². The molecule has 0 aromatic heterocycles. The molecule has 2 aromatic carbocycles. The van der Waals surface area contributed by atoms with Gasteiger partial charge in [0.25, 0.3) is 0 Å². The molecule has 0 saturated carbocycles. The molecule has 2 aromatic rings. The average molecular weight is 392 g/mol. The maximum absolute atomic E-state index is 12.9. The number of carbonyl (C=O) groups is 2. The fourth-order valence-corrected chi connectivity index (χ4v) is 4.80. The van der Waals surface area contributed by atoms with Crippen LogP contribution in [0.3, 0.4) is 0 Å². The first kappa shape index (κ1) is 19.6. The van der Waals surface area contributed by atoms with Crippen molar-refractivity contribution in [1.29, 1.82) is 0 Å². The van der Waals surface area contributed by atoms with Crippen molar-refractivity contribution < 1.29 is 14.3 Å². The van der Waals surface area contributed by atoms with Gasteiger partial charge in [0.1, 0.15) is 0 Å². The van der Waals surface area contributed by atoms with E-state index in [-0.39, 0.29) is 23.8 Å². The molecule has 0 radical (unpaired) electrons. The van der Waals surface area contributed by atoms with E-state index in [0.717, 1.165) is 17.7 Å². The highest BCUT2D eigenvalue weighted by atomic mass is 16.5. The van der Waals surface area contributed by atoms with Crippen molar-refractivity contribution in [3.8, 4) is 0 Å². The highest BCUT2D eigenvalue weighted by Gasteiger charge is 2.49. The summed E-state index contributed by atoms with van der Waals surface area (Å²) in [4.78, 5) is 29.7. The Morgan fingerprint density at radius 3 is 2.31 bits per heavy atom. The van der Waals surface area contributed by atoms with Crippen LogP contribution in [0, 0.1) is 11.8 Å². The predicted molar refractivity (Wildman–Crippen MR) is 111 cm³/mol. The van der Waals surface area contributed by atoms with Crippen molar-refractivity contribution in [2.75, 3.05) is 33.4 Å².